The van der Waals surface area contributed by atoms with E-state index in [0.717, 1.165) is 25.5 Å². The fourth-order valence-electron chi connectivity index (χ4n) is 1.47. The summed E-state index contributed by atoms with van der Waals surface area (Å²) in [5.41, 5.74) is 2.63. The number of aliphatic imine (C=N–C) groups is 1. The van der Waals surface area contributed by atoms with Crippen molar-refractivity contribution >= 4 is 29.9 Å². The molecule has 1 rings (SSSR count). The van der Waals surface area contributed by atoms with Crippen LogP contribution in [0.4, 0.5) is 0 Å². The van der Waals surface area contributed by atoms with Crippen LogP contribution in [0.15, 0.2) is 41.9 Å². The van der Waals surface area contributed by atoms with Crippen molar-refractivity contribution in [2.24, 2.45) is 4.99 Å². The Bertz CT molecular complexity index is 371. The fraction of sp³-hybridized carbons (Fsp3) is 0.357. The van der Waals surface area contributed by atoms with Crippen LogP contribution >= 0.6 is 24.0 Å². The molecular formula is C14H22IN3. The van der Waals surface area contributed by atoms with Gasteiger partial charge < -0.3 is 10.6 Å². The predicted octanol–water partition coefficient (Wildman–Crippen LogP) is 2.51. The number of aryl methyl sites for hydroxylation is 1. The van der Waals surface area contributed by atoms with E-state index in [0.29, 0.717) is 0 Å². The van der Waals surface area contributed by atoms with Gasteiger partial charge in [-0.3, -0.25) is 4.99 Å². The minimum Gasteiger partial charge on any atom is -0.356 e. The molecule has 0 fully saturated rings. The van der Waals surface area contributed by atoms with Gasteiger partial charge in [-0.15, -0.1) is 30.6 Å². The molecule has 1 aromatic carbocycles. The first-order valence-corrected chi connectivity index (χ1v) is 5.87. The highest BCUT2D eigenvalue weighted by atomic mass is 127. The van der Waals surface area contributed by atoms with Gasteiger partial charge in [-0.25, -0.2) is 0 Å². The molecular weight excluding hydrogens is 337 g/mol. The van der Waals surface area contributed by atoms with Gasteiger partial charge in [0.15, 0.2) is 5.96 Å². The molecule has 0 aliphatic heterocycles. The Morgan fingerprint density at radius 3 is 2.50 bits per heavy atom. The number of nitrogens with one attached hydrogen (secondary N) is 2. The van der Waals surface area contributed by atoms with Crippen LogP contribution < -0.4 is 10.6 Å². The van der Waals surface area contributed by atoms with E-state index >= 15 is 0 Å². The maximum absolute atomic E-state index is 4.12. The third kappa shape index (κ3) is 6.64. The van der Waals surface area contributed by atoms with Gasteiger partial charge >= 0.3 is 0 Å². The van der Waals surface area contributed by atoms with Crippen LogP contribution in [0.25, 0.3) is 0 Å². The lowest BCUT2D eigenvalue weighted by Gasteiger charge is -2.10. The summed E-state index contributed by atoms with van der Waals surface area (Å²) in [4.78, 5) is 4.12. The lowest BCUT2D eigenvalue weighted by atomic mass is 10.1. The van der Waals surface area contributed by atoms with Gasteiger partial charge in [0.2, 0.25) is 0 Å². The Morgan fingerprint density at radius 1 is 1.28 bits per heavy atom. The van der Waals surface area contributed by atoms with Crippen molar-refractivity contribution in [3.8, 4) is 0 Å². The molecule has 0 aliphatic carbocycles. The standard InChI is InChI=1S/C14H21N3.HI/c1-4-10-16-14(15-3)17-11-9-13-7-5-12(2)6-8-13;/h4-8H,1,9-11H2,2-3H3,(H2,15,16,17);1H. The van der Waals surface area contributed by atoms with E-state index in [1.54, 1.807) is 7.05 Å². The Balaban J connectivity index is 0.00000289. The number of nitrogens with zero attached hydrogens (tertiary/aromatic N) is 1. The molecule has 0 heterocycles. The molecule has 0 bridgehead atoms. The molecule has 0 aromatic heterocycles. The molecule has 4 heteroatoms. The van der Waals surface area contributed by atoms with Gasteiger partial charge in [0.1, 0.15) is 0 Å². The molecule has 2 N–H and O–H groups in total. The van der Waals surface area contributed by atoms with E-state index < -0.39 is 0 Å². The summed E-state index contributed by atoms with van der Waals surface area (Å²) in [6.45, 7) is 7.36. The van der Waals surface area contributed by atoms with E-state index in [1.165, 1.54) is 11.1 Å². The third-order valence-electron chi connectivity index (χ3n) is 2.46. The van der Waals surface area contributed by atoms with E-state index in [9.17, 15) is 0 Å². The molecule has 1 aromatic rings. The van der Waals surface area contributed by atoms with E-state index in [2.05, 4.69) is 53.4 Å². The van der Waals surface area contributed by atoms with Crippen molar-refractivity contribution in [2.45, 2.75) is 13.3 Å². The molecule has 0 spiro atoms. The Kier molecular flexibility index (Phi) is 9.36. The van der Waals surface area contributed by atoms with Crippen LogP contribution in [-0.2, 0) is 6.42 Å². The average Bonchev–Trinajstić information content (AvgIpc) is 2.36. The number of halogens is 1. The zero-order valence-corrected chi connectivity index (χ0v) is 13.4. The maximum Gasteiger partial charge on any atom is 0.191 e. The molecule has 18 heavy (non-hydrogen) atoms. The number of guanidine groups is 1. The zero-order chi connectivity index (χ0) is 12.5. The second kappa shape index (κ2) is 9.94. The number of benzene rings is 1. The van der Waals surface area contributed by atoms with Crippen molar-refractivity contribution in [2.75, 3.05) is 20.1 Å². The second-order valence-corrected chi connectivity index (χ2v) is 3.90. The van der Waals surface area contributed by atoms with Crippen LogP contribution in [0.5, 0.6) is 0 Å². The van der Waals surface area contributed by atoms with Crippen molar-refractivity contribution in [1.82, 2.24) is 10.6 Å². The minimum atomic E-state index is 0. The van der Waals surface area contributed by atoms with Gasteiger partial charge in [-0.2, -0.15) is 0 Å². The van der Waals surface area contributed by atoms with Crippen LogP contribution in [0.1, 0.15) is 11.1 Å². The Labute approximate surface area is 127 Å². The summed E-state index contributed by atoms with van der Waals surface area (Å²) in [7, 11) is 1.77. The number of hydrogen-bond donors (Lipinski definition) is 2. The predicted molar refractivity (Wildman–Crippen MR) is 89.9 cm³/mol. The first-order valence-electron chi connectivity index (χ1n) is 5.87. The van der Waals surface area contributed by atoms with Gasteiger partial charge in [0.05, 0.1) is 0 Å². The highest BCUT2D eigenvalue weighted by molar-refractivity contribution is 14.0. The van der Waals surface area contributed by atoms with Crippen LogP contribution in [0.2, 0.25) is 0 Å². The van der Waals surface area contributed by atoms with Crippen molar-refractivity contribution in [3.05, 3.63) is 48.0 Å². The summed E-state index contributed by atoms with van der Waals surface area (Å²) in [6.07, 6.45) is 2.81. The molecule has 0 unspecified atom stereocenters. The summed E-state index contributed by atoms with van der Waals surface area (Å²) < 4.78 is 0. The molecule has 0 amide bonds. The van der Waals surface area contributed by atoms with Crippen molar-refractivity contribution < 1.29 is 0 Å². The van der Waals surface area contributed by atoms with Gasteiger partial charge in [-0.1, -0.05) is 35.9 Å². The van der Waals surface area contributed by atoms with Crippen LogP contribution in [0, 0.1) is 6.92 Å². The maximum atomic E-state index is 4.12. The Hall–Kier alpha value is -1.04. The first kappa shape index (κ1) is 17.0. The SMILES string of the molecule is C=CCNC(=NC)NCCc1ccc(C)cc1.I. The lowest BCUT2D eigenvalue weighted by Crippen LogP contribution is -2.38. The summed E-state index contributed by atoms with van der Waals surface area (Å²) in [5, 5.41) is 6.39. The lowest BCUT2D eigenvalue weighted by molar-refractivity contribution is 0.821. The van der Waals surface area contributed by atoms with Gasteiger partial charge in [0.25, 0.3) is 0 Å². The highest BCUT2D eigenvalue weighted by Crippen LogP contribution is 2.02. The van der Waals surface area contributed by atoms with E-state index in [-0.39, 0.29) is 24.0 Å². The van der Waals surface area contributed by atoms with Crippen LogP contribution in [0.3, 0.4) is 0 Å². The van der Waals surface area contributed by atoms with Gasteiger partial charge in [-0.05, 0) is 18.9 Å². The zero-order valence-electron chi connectivity index (χ0n) is 11.1. The van der Waals surface area contributed by atoms with E-state index in [4.69, 9.17) is 0 Å². The fourth-order valence-corrected chi connectivity index (χ4v) is 1.47. The molecule has 0 saturated heterocycles. The number of hydrogen-bond acceptors (Lipinski definition) is 1. The largest absolute Gasteiger partial charge is 0.356 e. The van der Waals surface area contributed by atoms with Crippen molar-refractivity contribution in [3.63, 3.8) is 0 Å². The monoisotopic (exact) mass is 359 g/mol. The first-order chi connectivity index (χ1) is 8.26. The second-order valence-electron chi connectivity index (χ2n) is 3.90. The molecule has 3 nitrogen and oxygen atoms in total. The summed E-state index contributed by atoms with van der Waals surface area (Å²) in [6, 6.07) is 8.61. The highest BCUT2D eigenvalue weighted by Gasteiger charge is 1.96. The smallest absolute Gasteiger partial charge is 0.191 e. The molecule has 0 saturated carbocycles. The summed E-state index contributed by atoms with van der Waals surface area (Å²) >= 11 is 0. The minimum absolute atomic E-state index is 0. The number of rotatable bonds is 5. The normalized spacial score (nSPS) is 10.4. The van der Waals surface area contributed by atoms with Gasteiger partial charge in [0, 0.05) is 20.1 Å². The molecule has 0 atom stereocenters. The molecule has 0 radical (unpaired) electrons. The van der Waals surface area contributed by atoms with Crippen molar-refractivity contribution in [1.29, 1.82) is 0 Å². The summed E-state index contributed by atoms with van der Waals surface area (Å²) in [5.74, 6) is 0.817. The Morgan fingerprint density at radius 2 is 1.94 bits per heavy atom. The van der Waals surface area contributed by atoms with Crippen LogP contribution in [-0.4, -0.2) is 26.1 Å². The molecule has 100 valence electrons. The topological polar surface area (TPSA) is 36.4 Å². The average molecular weight is 359 g/mol. The van der Waals surface area contributed by atoms with E-state index in [1.807, 2.05) is 6.08 Å². The quantitative estimate of drug-likeness (QED) is 0.367. The third-order valence-corrected chi connectivity index (χ3v) is 2.46. The molecule has 0 aliphatic rings.